The summed E-state index contributed by atoms with van der Waals surface area (Å²) in [7, 11) is 1.25. The average Bonchev–Trinajstić information content (AvgIpc) is 3.50. The van der Waals surface area contributed by atoms with E-state index in [1.54, 1.807) is 19.9 Å². The number of nitro benzene ring substituents is 1. The molecule has 11 heteroatoms. The lowest BCUT2D eigenvalue weighted by atomic mass is 9.80. The predicted octanol–water partition coefficient (Wildman–Crippen LogP) is 6.35. The number of H-pyrrole nitrogens is 1. The monoisotopic (exact) mass is 602 g/mol. The zero-order valence-electron chi connectivity index (χ0n) is 25.4. The average molecular weight is 603 g/mol. The first-order valence-electron chi connectivity index (χ1n) is 14.7. The number of carbonyl (C=O) groups is 2. The normalized spacial score (nSPS) is 15.4. The van der Waals surface area contributed by atoms with Crippen molar-refractivity contribution in [2.75, 3.05) is 13.7 Å². The van der Waals surface area contributed by atoms with Gasteiger partial charge < -0.3 is 19.5 Å². The third kappa shape index (κ3) is 7.71. The fourth-order valence-corrected chi connectivity index (χ4v) is 5.34. The van der Waals surface area contributed by atoms with Gasteiger partial charge in [0.2, 0.25) is 5.88 Å². The maximum atomic E-state index is 13.4. The van der Waals surface area contributed by atoms with Gasteiger partial charge in [-0.3, -0.25) is 15.2 Å². The second kappa shape index (κ2) is 15.0. The molecule has 1 aromatic heterocycles. The fraction of sp³-hybridized carbons (Fsp3) is 0.364. The number of hydrogen-bond acceptors (Lipinski definition) is 9. The van der Waals surface area contributed by atoms with E-state index in [1.165, 1.54) is 25.3 Å². The second-order valence-electron chi connectivity index (χ2n) is 10.6. The number of unbranched alkanes of at least 4 members (excludes halogenated alkanes) is 2. The molecule has 0 fully saturated rings. The molecule has 11 nitrogen and oxygen atoms in total. The SMILES string of the molecule is CCC(CCCCCOC(=O)C1=C(C)NC(C)=C(C(=O)OC)C1c1cccc([N+](=O)[O-])c1)Oc1cc(-c2ccccc2)[nH]n1. The highest BCUT2D eigenvalue weighted by Gasteiger charge is 2.38. The zero-order chi connectivity index (χ0) is 31.6. The number of carbonyl (C=O) groups excluding carboxylic acids is 2. The lowest BCUT2D eigenvalue weighted by molar-refractivity contribution is -0.384. The Morgan fingerprint density at radius 1 is 0.977 bits per heavy atom. The minimum absolute atomic E-state index is 0.00745. The highest BCUT2D eigenvalue weighted by atomic mass is 16.6. The Bertz CT molecular complexity index is 1540. The summed E-state index contributed by atoms with van der Waals surface area (Å²) in [5.41, 5.74) is 3.63. The molecule has 4 rings (SSSR count). The van der Waals surface area contributed by atoms with Gasteiger partial charge in [0.05, 0.1) is 41.4 Å². The highest BCUT2D eigenvalue weighted by molar-refractivity contribution is 5.99. The first-order valence-corrected chi connectivity index (χ1v) is 14.7. The number of hydrogen-bond donors (Lipinski definition) is 2. The molecular formula is C33H38N4O7. The van der Waals surface area contributed by atoms with Crippen molar-refractivity contribution in [1.29, 1.82) is 0 Å². The maximum absolute atomic E-state index is 13.4. The van der Waals surface area contributed by atoms with Crippen LogP contribution in [-0.2, 0) is 19.1 Å². The van der Waals surface area contributed by atoms with E-state index in [0.717, 1.165) is 36.9 Å². The molecule has 232 valence electrons. The van der Waals surface area contributed by atoms with E-state index in [1.807, 2.05) is 36.4 Å². The Balaban J connectivity index is 1.33. The van der Waals surface area contributed by atoms with Gasteiger partial charge in [0.15, 0.2) is 0 Å². The lowest BCUT2D eigenvalue weighted by Crippen LogP contribution is -2.32. The molecule has 2 N–H and O–H groups in total. The van der Waals surface area contributed by atoms with Crippen LogP contribution >= 0.6 is 0 Å². The number of methoxy groups -OCH3 is 1. The number of nitrogens with one attached hydrogen (secondary N) is 2. The summed E-state index contributed by atoms with van der Waals surface area (Å²) in [6.45, 7) is 5.67. The Kier molecular flexibility index (Phi) is 10.9. The summed E-state index contributed by atoms with van der Waals surface area (Å²) in [5.74, 6) is -1.56. The second-order valence-corrected chi connectivity index (χ2v) is 10.6. The largest absolute Gasteiger partial charge is 0.473 e. The van der Waals surface area contributed by atoms with Crippen molar-refractivity contribution in [2.24, 2.45) is 0 Å². The number of nitrogens with zero attached hydrogens (tertiary/aromatic N) is 2. The molecule has 44 heavy (non-hydrogen) atoms. The molecule has 0 aliphatic carbocycles. The molecule has 2 heterocycles. The van der Waals surface area contributed by atoms with Gasteiger partial charge in [-0.15, -0.1) is 5.10 Å². The van der Waals surface area contributed by atoms with Gasteiger partial charge in [-0.25, -0.2) is 9.59 Å². The van der Waals surface area contributed by atoms with Crippen molar-refractivity contribution in [3.8, 4) is 17.1 Å². The van der Waals surface area contributed by atoms with E-state index in [4.69, 9.17) is 14.2 Å². The van der Waals surface area contributed by atoms with E-state index in [0.29, 0.717) is 29.3 Å². The molecule has 0 saturated carbocycles. The molecule has 1 aliphatic heterocycles. The van der Waals surface area contributed by atoms with Crippen LogP contribution in [0, 0.1) is 10.1 Å². The third-order valence-corrected chi connectivity index (χ3v) is 7.59. The molecular weight excluding hydrogens is 564 g/mol. The van der Waals surface area contributed by atoms with Crippen molar-refractivity contribution >= 4 is 17.6 Å². The number of non-ortho nitro benzene ring substituents is 1. The van der Waals surface area contributed by atoms with Crippen LogP contribution in [0.15, 0.2) is 83.2 Å². The van der Waals surface area contributed by atoms with Crippen LogP contribution < -0.4 is 10.1 Å². The summed E-state index contributed by atoms with van der Waals surface area (Å²) >= 11 is 0. The Hall–Kier alpha value is -4.93. The Morgan fingerprint density at radius 2 is 1.70 bits per heavy atom. The number of allylic oxidation sites excluding steroid dienone is 2. The zero-order valence-corrected chi connectivity index (χ0v) is 25.4. The van der Waals surface area contributed by atoms with Crippen LogP contribution in [0.1, 0.15) is 64.4 Å². The number of rotatable bonds is 14. The van der Waals surface area contributed by atoms with E-state index in [-0.39, 0.29) is 29.5 Å². The number of dihydropyridines is 1. The van der Waals surface area contributed by atoms with Gasteiger partial charge in [0, 0.05) is 29.6 Å². The highest BCUT2D eigenvalue weighted by Crippen LogP contribution is 2.40. The molecule has 0 spiro atoms. The van der Waals surface area contributed by atoms with Crippen LogP contribution in [-0.4, -0.2) is 46.9 Å². The maximum Gasteiger partial charge on any atom is 0.336 e. The van der Waals surface area contributed by atoms with Crippen molar-refractivity contribution < 1.29 is 28.7 Å². The quantitative estimate of drug-likeness (QED) is 0.0932. The Morgan fingerprint density at radius 3 is 2.39 bits per heavy atom. The minimum atomic E-state index is -0.886. The summed E-state index contributed by atoms with van der Waals surface area (Å²) in [4.78, 5) is 37.2. The fourth-order valence-electron chi connectivity index (χ4n) is 5.34. The predicted molar refractivity (Wildman–Crippen MR) is 165 cm³/mol. The van der Waals surface area contributed by atoms with Crippen LogP contribution in [0.5, 0.6) is 5.88 Å². The molecule has 0 amide bonds. The number of aromatic nitrogens is 2. The van der Waals surface area contributed by atoms with Crippen molar-refractivity contribution in [3.05, 3.63) is 98.9 Å². The third-order valence-electron chi connectivity index (χ3n) is 7.59. The van der Waals surface area contributed by atoms with Gasteiger partial charge in [-0.2, -0.15) is 0 Å². The molecule has 0 radical (unpaired) electrons. The van der Waals surface area contributed by atoms with Gasteiger partial charge in [-0.05, 0) is 57.1 Å². The topological polar surface area (TPSA) is 146 Å². The van der Waals surface area contributed by atoms with Crippen LogP contribution in [0.2, 0.25) is 0 Å². The van der Waals surface area contributed by atoms with Crippen molar-refractivity contribution in [2.45, 2.75) is 64.9 Å². The number of aromatic amines is 1. The summed E-state index contributed by atoms with van der Waals surface area (Å²) in [6.07, 6.45) is 4.00. The molecule has 2 unspecified atom stereocenters. The molecule has 1 aliphatic rings. The first-order chi connectivity index (χ1) is 21.2. The van der Waals surface area contributed by atoms with Gasteiger partial charge in [-0.1, -0.05) is 49.4 Å². The number of nitro groups is 1. The molecule has 0 saturated heterocycles. The van der Waals surface area contributed by atoms with Gasteiger partial charge in [0.25, 0.3) is 5.69 Å². The van der Waals surface area contributed by atoms with Crippen LogP contribution in [0.25, 0.3) is 11.3 Å². The van der Waals surface area contributed by atoms with Crippen LogP contribution in [0.4, 0.5) is 5.69 Å². The first kappa shape index (κ1) is 32.0. The lowest BCUT2D eigenvalue weighted by Gasteiger charge is -2.30. The van der Waals surface area contributed by atoms with E-state index >= 15 is 0 Å². The molecule has 2 aromatic carbocycles. The molecule has 2 atom stereocenters. The number of esters is 2. The summed E-state index contributed by atoms with van der Waals surface area (Å²) < 4.78 is 16.8. The smallest absolute Gasteiger partial charge is 0.336 e. The minimum Gasteiger partial charge on any atom is -0.473 e. The van der Waals surface area contributed by atoms with E-state index in [9.17, 15) is 19.7 Å². The van der Waals surface area contributed by atoms with Crippen LogP contribution in [0.3, 0.4) is 0 Å². The Labute approximate surface area is 256 Å². The summed E-state index contributed by atoms with van der Waals surface area (Å²) in [5, 5.41) is 21.9. The number of benzene rings is 2. The van der Waals surface area contributed by atoms with E-state index in [2.05, 4.69) is 22.4 Å². The summed E-state index contributed by atoms with van der Waals surface area (Å²) in [6, 6.07) is 17.7. The molecule has 0 bridgehead atoms. The number of ether oxygens (including phenoxy) is 3. The van der Waals surface area contributed by atoms with Gasteiger partial charge in [0.1, 0.15) is 6.10 Å². The molecule has 3 aromatic rings. The standard InChI is InChI=1S/C33H38N4O7/c1-5-26(44-28-20-27(35-36-28)23-13-8-6-9-14-23)17-10-7-11-18-43-33(39)30-22(3)34-21(2)29(32(38)42-4)31(30)24-15-12-16-25(19-24)37(40)41/h6,8-9,12-16,19-20,26,31,34H,5,7,10-11,17-18H2,1-4H3,(H,35,36). The van der Waals surface area contributed by atoms with Crippen molar-refractivity contribution in [1.82, 2.24) is 15.5 Å². The van der Waals surface area contributed by atoms with E-state index < -0.39 is 22.8 Å². The van der Waals surface area contributed by atoms with Gasteiger partial charge >= 0.3 is 11.9 Å². The van der Waals surface area contributed by atoms with Crippen molar-refractivity contribution in [3.63, 3.8) is 0 Å².